The SMILES string of the molecule is O=C(Cc1ccc(F)cc1)OC[C@H]1O[C@@H](Oc2c(-c3ccc(O)c(O)c3)oc3cc(O)cc(O)c3c2=O)[C@H](OC(=O)Cc2ccc(F)cc2)[C@@H](O)[C@H]1O. The molecule has 0 bridgehead atoms. The molecule has 16 heteroatoms. The average Bonchev–Trinajstić information content (AvgIpc) is 3.11. The molecule has 0 radical (unpaired) electrons. The summed E-state index contributed by atoms with van der Waals surface area (Å²) in [5.41, 5.74) is -0.771. The molecule has 0 spiro atoms. The molecule has 6 rings (SSSR count). The van der Waals surface area contributed by atoms with E-state index >= 15 is 0 Å². The molecule has 1 aliphatic rings. The van der Waals surface area contributed by atoms with E-state index in [-0.39, 0.29) is 17.6 Å². The summed E-state index contributed by atoms with van der Waals surface area (Å²) in [6.45, 7) is -0.695. The van der Waals surface area contributed by atoms with Gasteiger partial charge in [0.15, 0.2) is 23.4 Å². The molecule has 276 valence electrons. The van der Waals surface area contributed by atoms with Crippen LogP contribution in [0.3, 0.4) is 0 Å². The second-order valence-corrected chi connectivity index (χ2v) is 12.0. The van der Waals surface area contributed by atoms with Gasteiger partial charge in [0.2, 0.25) is 17.5 Å². The molecule has 0 aliphatic carbocycles. The van der Waals surface area contributed by atoms with Gasteiger partial charge in [0, 0.05) is 17.7 Å². The number of aliphatic hydroxyl groups is 2. The van der Waals surface area contributed by atoms with E-state index in [4.69, 9.17) is 23.4 Å². The largest absolute Gasteiger partial charge is 0.508 e. The number of rotatable bonds is 10. The minimum absolute atomic E-state index is 0.0790. The maximum Gasteiger partial charge on any atom is 0.310 e. The highest BCUT2D eigenvalue weighted by atomic mass is 19.1. The number of carbonyl (C=O) groups is 2. The summed E-state index contributed by atoms with van der Waals surface area (Å²) >= 11 is 0. The highest BCUT2D eigenvalue weighted by molar-refractivity contribution is 5.88. The number of halogens is 2. The van der Waals surface area contributed by atoms with Crippen molar-refractivity contribution in [2.75, 3.05) is 6.61 Å². The van der Waals surface area contributed by atoms with E-state index in [9.17, 15) is 53.8 Å². The maximum absolute atomic E-state index is 14.0. The van der Waals surface area contributed by atoms with Crippen LogP contribution in [0.4, 0.5) is 8.78 Å². The zero-order valence-electron chi connectivity index (χ0n) is 27.2. The Balaban J connectivity index is 1.36. The first-order chi connectivity index (χ1) is 25.3. The Morgan fingerprint density at radius 2 is 1.36 bits per heavy atom. The van der Waals surface area contributed by atoms with Gasteiger partial charge in [-0.3, -0.25) is 14.4 Å². The predicted molar refractivity (Wildman–Crippen MR) is 177 cm³/mol. The Kier molecular flexibility index (Phi) is 10.5. The lowest BCUT2D eigenvalue weighted by atomic mass is 9.98. The third-order valence-corrected chi connectivity index (χ3v) is 8.23. The third kappa shape index (κ3) is 8.14. The van der Waals surface area contributed by atoms with Gasteiger partial charge in [0.25, 0.3) is 0 Å². The van der Waals surface area contributed by atoms with Crippen molar-refractivity contribution in [3.8, 4) is 40.1 Å². The summed E-state index contributed by atoms with van der Waals surface area (Å²) in [5, 5.41) is 62.5. The maximum atomic E-state index is 14.0. The van der Waals surface area contributed by atoms with E-state index in [0.717, 1.165) is 48.5 Å². The summed E-state index contributed by atoms with van der Waals surface area (Å²) < 4.78 is 55.2. The van der Waals surface area contributed by atoms with Crippen LogP contribution in [0.25, 0.3) is 22.3 Å². The normalized spacial score (nSPS) is 19.8. The number of hydrogen-bond donors (Lipinski definition) is 6. The number of benzene rings is 4. The monoisotopic (exact) mass is 736 g/mol. The Hall–Kier alpha value is -6.23. The van der Waals surface area contributed by atoms with E-state index in [0.29, 0.717) is 11.1 Å². The van der Waals surface area contributed by atoms with E-state index in [1.807, 2.05) is 0 Å². The van der Waals surface area contributed by atoms with Crippen molar-refractivity contribution < 1.29 is 72.4 Å². The van der Waals surface area contributed by atoms with Gasteiger partial charge in [-0.25, -0.2) is 8.78 Å². The Bertz CT molecular complexity index is 2200. The number of phenols is 4. The lowest BCUT2D eigenvalue weighted by Gasteiger charge is -2.41. The van der Waals surface area contributed by atoms with Crippen LogP contribution in [0.2, 0.25) is 0 Å². The van der Waals surface area contributed by atoms with Crippen molar-refractivity contribution in [3.05, 3.63) is 112 Å². The Morgan fingerprint density at radius 3 is 1.98 bits per heavy atom. The number of aromatic hydroxyl groups is 4. The summed E-state index contributed by atoms with van der Waals surface area (Å²) in [6.07, 6.45) is -10.1. The van der Waals surface area contributed by atoms with E-state index in [2.05, 4.69) is 0 Å². The van der Waals surface area contributed by atoms with E-state index < -0.39 is 113 Å². The molecule has 0 unspecified atom stereocenters. The van der Waals surface area contributed by atoms with Crippen LogP contribution in [-0.2, 0) is 36.6 Å². The lowest BCUT2D eigenvalue weighted by Crippen LogP contribution is -2.61. The Labute approximate surface area is 297 Å². The predicted octanol–water partition coefficient (Wildman–Crippen LogP) is 3.33. The van der Waals surface area contributed by atoms with E-state index in [1.165, 1.54) is 30.3 Å². The number of fused-ring (bicyclic) bond motifs is 1. The highest BCUT2D eigenvalue weighted by Gasteiger charge is 2.49. The molecular weight excluding hydrogens is 706 g/mol. The third-order valence-electron chi connectivity index (χ3n) is 8.23. The summed E-state index contributed by atoms with van der Waals surface area (Å²) in [4.78, 5) is 39.7. The zero-order valence-corrected chi connectivity index (χ0v) is 27.2. The molecule has 0 saturated carbocycles. The molecule has 53 heavy (non-hydrogen) atoms. The number of carbonyl (C=O) groups excluding carboxylic acids is 2. The summed E-state index contributed by atoms with van der Waals surface area (Å²) in [7, 11) is 0. The van der Waals surface area contributed by atoms with Crippen LogP contribution in [0.1, 0.15) is 11.1 Å². The first-order valence-electron chi connectivity index (χ1n) is 15.8. The second kappa shape index (κ2) is 15.2. The van der Waals surface area contributed by atoms with Gasteiger partial charge in [-0.2, -0.15) is 0 Å². The fourth-order valence-electron chi connectivity index (χ4n) is 5.57. The molecule has 5 aromatic rings. The molecule has 5 atom stereocenters. The highest BCUT2D eigenvalue weighted by Crippen LogP contribution is 2.39. The second-order valence-electron chi connectivity index (χ2n) is 12.0. The van der Waals surface area contributed by atoms with Gasteiger partial charge >= 0.3 is 11.9 Å². The average molecular weight is 737 g/mol. The molecule has 4 aromatic carbocycles. The van der Waals surface area contributed by atoms with Crippen LogP contribution >= 0.6 is 0 Å². The van der Waals surface area contributed by atoms with Crippen molar-refractivity contribution in [3.63, 3.8) is 0 Å². The molecule has 14 nitrogen and oxygen atoms in total. The lowest BCUT2D eigenvalue weighted by molar-refractivity contribution is -0.283. The molecule has 1 saturated heterocycles. The first-order valence-corrected chi connectivity index (χ1v) is 15.8. The number of ether oxygens (including phenoxy) is 4. The van der Waals surface area contributed by atoms with Crippen molar-refractivity contribution in [1.29, 1.82) is 0 Å². The number of hydrogen-bond acceptors (Lipinski definition) is 14. The van der Waals surface area contributed by atoms with Crippen molar-refractivity contribution >= 4 is 22.9 Å². The van der Waals surface area contributed by atoms with Crippen molar-refractivity contribution in [2.45, 2.75) is 43.5 Å². The molecule has 1 aliphatic heterocycles. The van der Waals surface area contributed by atoms with Gasteiger partial charge in [0.05, 0.1) is 12.8 Å². The van der Waals surface area contributed by atoms with Gasteiger partial charge in [-0.15, -0.1) is 0 Å². The minimum atomic E-state index is -2.01. The number of phenolic OH excluding ortho intramolecular Hbond substituents is 4. The molecule has 6 N–H and O–H groups in total. The molecule has 2 heterocycles. The molecular formula is C37H30F2O14. The minimum Gasteiger partial charge on any atom is -0.508 e. The topological polar surface area (TPSA) is 223 Å². The van der Waals surface area contributed by atoms with Crippen LogP contribution in [0.15, 0.2) is 88.1 Å². The molecule has 1 fully saturated rings. The number of esters is 2. The van der Waals surface area contributed by atoms with Crippen molar-refractivity contribution in [1.82, 2.24) is 0 Å². The summed E-state index contributed by atoms with van der Waals surface area (Å²) in [6, 6.07) is 15.0. The number of aliphatic hydroxyl groups excluding tert-OH is 2. The fraction of sp³-hybridized carbons (Fsp3) is 0.216. The van der Waals surface area contributed by atoms with E-state index in [1.54, 1.807) is 0 Å². The van der Waals surface area contributed by atoms with Crippen LogP contribution in [0, 0.1) is 11.6 Å². The quantitative estimate of drug-likeness (QED) is 0.0895. The van der Waals surface area contributed by atoms with Crippen molar-refractivity contribution in [2.24, 2.45) is 0 Å². The van der Waals surface area contributed by atoms with Gasteiger partial charge < -0.3 is 54.0 Å². The summed E-state index contributed by atoms with van der Waals surface area (Å²) in [5.74, 6) is -6.50. The smallest absolute Gasteiger partial charge is 0.310 e. The Morgan fingerprint density at radius 1 is 0.736 bits per heavy atom. The molecule has 1 aromatic heterocycles. The van der Waals surface area contributed by atoms with Crippen LogP contribution < -0.4 is 10.2 Å². The van der Waals surface area contributed by atoms with Gasteiger partial charge in [0.1, 0.15) is 59.0 Å². The standard InChI is InChI=1S/C37H30F2O14/c38-20-6-1-17(2-7-20)11-28(44)49-16-27-31(46)33(48)36(52-29(45)12-18-3-8-21(39)9-4-18)37(51-27)53-35-32(47)30-25(43)14-22(40)15-26(30)50-34(35)19-5-10-23(41)24(42)13-19/h1-10,13-15,27,31,33,36-37,40-43,46,48H,11-12,16H2/t27-,31+,33+,36-,37+/m1/s1. The van der Waals surface area contributed by atoms with Crippen LogP contribution in [-0.4, -0.2) is 79.9 Å². The zero-order chi connectivity index (χ0) is 38.0. The van der Waals surface area contributed by atoms with Gasteiger partial charge in [-0.05, 0) is 53.6 Å². The van der Waals surface area contributed by atoms with Crippen LogP contribution in [0.5, 0.6) is 28.7 Å². The molecule has 0 amide bonds. The first kappa shape index (κ1) is 36.6. The fourth-order valence-corrected chi connectivity index (χ4v) is 5.57. The van der Waals surface area contributed by atoms with Gasteiger partial charge in [-0.1, -0.05) is 24.3 Å².